The molecule has 0 amide bonds. The van der Waals surface area contributed by atoms with E-state index in [1.165, 1.54) is 6.26 Å². The second-order valence-corrected chi connectivity index (χ2v) is 8.13. The van der Waals surface area contributed by atoms with E-state index >= 15 is 0 Å². The fourth-order valence-electron chi connectivity index (χ4n) is 2.76. The number of carbonyl (C=O) groups is 1. The zero-order valence-electron chi connectivity index (χ0n) is 25.1. The van der Waals surface area contributed by atoms with Gasteiger partial charge in [0.05, 0.1) is 138 Å². The minimum Gasteiger partial charge on any atom is -0.499 e. The molecular formula is C28H54O13. The number of hydrogen-bond donors (Lipinski definition) is 0. The smallest absolute Gasteiger partial charge is 0.305 e. The molecule has 0 saturated heterocycles. The molecule has 0 spiro atoms. The summed E-state index contributed by atoms with van der Waals surface area (Å²) in [5.41, 5.74) is 0. The zero-order chi connectivity index (χ0) is 29.7. The second kappa shape index (κ2) is 36.6. The predicted molar refractivity (Wildman–Crippen MR) is 150 cm³/mol. The van der Waals surface area contributed by atoms with E-state index in [-0.39, 0.29) is 12.6 Å². The molecule has 41 heavy (non-hydrogen) atoms. The Hall–Kier alpha value is -1.39. The van der Waals surface area contributed by atoms with Crippen molar-refractivity contribution in [3.05, 3.63) is 12.8 Å². The number of ether oxygens (including phenoxy) is 12. The number of hydrogen-bond acceptors (Lipinski definition) is 13. The Morgan fingerprint density at radius 1 is 0.439 bits per heavy atom. The van der Waals surface area contributed by atoms with E-state index in [2.05, 4.69) is 6.58 Å². The molecule has 244 valence electrons. The van der Waals surface area contributed by atoms with E-state index < -0.39 is 0 Å². The molecule has 0 fully saturated rings. The molecule has 13 nitrogen and oxygen atoms in total. The van der Waals surface area contributed by atoms with Crippen molar-refractivity contribution in [3.8, 4) is 0 Å². The molecule has 0 aliphatic carbocycles. The van der Waals surface area contributed by atoms with E-state index in [4.69, 9.17) is 56.8 Å². The average Bonchev–Trinajstić information content (AvgIpc) is 2.97. The third kappa shape index (κ3) is 36.6. The highest BCUT2D eigenvalue weighted by atomic mass is 16.6. The van der Waals surface area contributed by atoms with E-state index in [1.807, 2.05) is 6.92 Å². The minimum atomic E-state index is -0.188. The summed E-state index contributed by atoms with van der Waals surface area (Å²) < 4.78 is 64.0. The van der Waals surface area contributed by atoms with Gasteiger partial charge in [0.25, 0.3) is 0 Å². The van der Waals surface area contributed by atoms with Crippen LogP contribution in [0.4, 0.5) is 0 Å². The number of esters is 1. The molecule has 0 aliphatic heterocycles. The maximum absolute atomic E-state index is 11.2. The molecule has 0 aromatic rings. The van der Waals surface area contributed by atoms with Gasteiger partial charge >= 0.3 is 5.97 Å². The van der Waals surface area contributed by atoms with Crippen molar-refractivity contribution in [1.82, 2.24) is 0 Å². The lowest BCUT2D eigenvalue weighted by Crippen LogP contribution is -2.15. The summed E-state index contributed by atoms with van der Waals surface area (Å²) in [5, 5.41) is 0. The van der Waals surface area contributed by atoms with Gasteiger partial charge in [-0.1, -0.05) is 13.5 Å². The zero-order valence-corrected chi connectivity index (χ0v) is 25.1. The highest BCUT2D eigenvalue weighted by Crippen LogP contribution is 1.91. The third-order valence-corrected chi connectivity index (χ3v) is 4.76. The van der Waals surface area contributed by atoms with Gasteiger partial charge in [0.15, 0.2) is 0 Å². The molecule has 0 aromatic heterocycles. The molecule has 0 saturated carbocycles. The van der Waals surface area contributed by atoms with Crippen molar-refractivity contribution in [1.29, 1.82) is 0 Å². The van der Waals surface area contributed by atoms with Gasteiger partial charge in [-0.25, -0.2) is 0 Å². The summed E-state index contributed by atoms with van der Waals surface area (Å²) in [6.45, 7) is 16.1. The van der Waals surface area contributed by atoms with Crippen molar-refractivity contribution in [2.45, 2.75) is 19.8 Å². The summed E-state index contributed by atoms with van der Waals surface area (Å²) >= 11 is 0. The predicted octanol–water partition coefficient (Wildman–Crippen LogP) is 1.66. The van der Waals surface area contributed by atoms with Crippen LogP contribution in [0, 0.1) is 0 Å². The molecule has 0 radical (unpaired) electrons. The van der Waals surface area contributed by atoms with Crippen LogP contribution in [-0.4, -0.2) is 151 Å². The Bertz CT molecular complexity index is 525. The van der Waals surface area contributed by atoms with E-state index in [9.17, 15) is 4.79 Å². The Balaban J connectivity index is 3.05. The van der Waals surface area contributed by atoms with Crippen LogP contribution in [0.3, 0.4) is 0 Å². The molecular weight excluding hydrogens is 544 g/mol. The largest absolute Gasteiger partial charge is 0.499 e. The van der Waals surface area contributed by atoms with Gasteiger partial charge in [-0.05, 0) is 6.42 Å². The van der Waals surface area contributed by atoms with Crippen molar-refractivity contribution >= 4 is 5.97 Å². The molecule has 0 rings (SSSR count). The average molecular weight is 599 g/mol. The number of rotatable bonds is 36. The molecule has 0 aliphatic rings. The summed E-state index contributed by atoms with van der Waals surface area (Å²) in [6, 6.07) is 0. The van der Waals surface area contributed by atoms with Crippen LogP contribution in [0.5, 0.6) is 0 Å². The maximum Gasteiger partial charge on any atom is 0.305 e. The van der Waals surface area contributed by atoms with Crippen LogP contribution in [0.15, 0.2) is 12.8 Å². The molecule has 0 aromatic carbocycles. The van der Waals surface area contributed by atoms with Gasteiger partial charge in [-0.2, -0.15) is 0 Å². The Kier molecular flexibility index (Phi) is 35.4. The third-order valence-electron chi connectivity index (χ3n) is 4.76. The van der Waals surface area contributed by atoms with Crippen molar-refractivity contribution < 1.29 is 61.6 Å². The van der Waals surface area contributed by atoms with Crippen molar-refractivity contribution in [2.75, 3.05) is 145 Å². The Labute approximate surface area is 245 Å². The van der Waals surface area contributed by atoms with E-state index in [1.54, 1.807) is 0 Å². The first-order chi connectivity index (χ1) is 20.3. The summed E-state index contributed by atoms with van der Waals surface area (Å²) in [6.07, 6.45) is 2.62. The highest BCUT2D eigenvalue weighted by Gasteiger charge is 2.00. The van der Waals surface area contributed by atoms with Crippen LogP contribution in [0.2, 0.25) is 0 Å². The van der Waals surface area contributed by atoms with Crippen LogP contribution in [0.25, 0.3) is 0 Å². The maximum atomic E-state index is 11.2. The van der Waals surface area contributed by atoms with Gasteiger partial charge in [0.2, 0.25) is 0 Å². The van der Waals surface area contributed by atoms with Crippen LogP contribution in [0.1, 0.15) is 19.8 Å². The fraction of sp³-hybridized carbons (Fsp3) is 0.893. The van der Waals surface area contributed by atoms with Crippen molar-refractivity contribution in [3.63, 3.8) is 0 Å². The normalized spacial score (nSPS) is 11.1. The van der Waals surface area contributed by atoms with Crippen LogP contribution in [-0.2, 0) is 61.6 Å². The first-order valence-electron chi connectivity index (χ1n) is 14.5. The monoisotopic (exact) mass is 598 g/mol. The van der Waals surface area contributed by atoms with Gasteiger partial charge in [0.1, 0.15) is 13.2 Å². The lowest BCUT2D eigenvalue weighted by atomic mass is 10.3. The van der Waals surface area contributed by atoms with Gasteiger partial charge < -0.3 is 56.8 Å². The van der Waals surface area contributed by atoms with Crippen molar-refractivity contribution in [2.24, 2.45) is 0 Å². The summed E-state index contributed by atoms with van der Waals surface area (Å²) in [7, 11) is 0. The summed E-state index contributed by atoms with van der Waals surface area (Å²) in [4.78, 5) is 11.2. The Morgan fingerprint density at radius 3 is 0.927 bits per heavy atom. The van der Waals surface area contributed by atoms with Crippen LogP contribution >= 0.6 is 0 Å². The van der Waals surface area contributed by atoms with Crippen LogP contribution < -0.4 is 0 Å². The standard InChI is InChI=1S/C28H54O13/c1-3-5-28(29)41-27-26-40-25-24-39-23-22-38-21-20-37-19-18-36-17-16-35-15-14-34-13-12-33-11-10-32-9-8-31-7-6-30-4-2/h4H,2-3,5-27H2,1H3. The lowest BCUT2D eigenvalue weighted by molar-refractivity contribution is -0.145. The highest BCUT2D eigenvalue weighted by molar-refractivity contribution is 5.69. The quantitative estimate of drug-likeness (QED) is 0.0590. The summed E-state index contributed by atoms with van der Waals surface area (Å²) in [5.74, 6) is -0.188. The number of carbonyl (C=O) groups excluding carboxylic acids is 1. The molecule has 0 heterocycles. The molecule has 0 N–H and O–H groups in total. The van der Waals surface area contributed by atoms with Gasteiger partial charge in [0, 0.05) is 6.42 Å². The first-order valence-corrected chi connectivity index (χ1v) is 14.5. The lowest BCUT2D eigenvalue weighted by Gasteiger charge is -2.09. The second-order valence-electron chi connectivity index (χ2n) is 8.13. The van der Waals surface area contributed by atoms with E-state index in [0.29, 0.717) is 145 Å². The molecule has 0 bridgehead atoms. The fourth-order valence-corrected chi connectivity index (χ4v) is 2.76. The molecule has 0 atom stereocenters. The Morgan fingerprint density at radius 2 is 0.683 bits per heavy atom. The molecule has 0 unspecified atom stereocenters. The minimum absolute atomic E-state index is 0.188. The van der Waals surface area contributed by atoms with E-state index in [0.717, 1.165) is 6.42 Å². The topological polar surface area (TPSA) is 128 Å². The van der Waals surface area contributed by atoms with Gasteiger partial charge in [-0.15, -0.1) is 0 Å². The first kappa shape index (κ1) is 39.6. The SMILES string of the molecule is C=COCCOCCOCCOCCOCCOCCOCCOCCOCCOCCOCCOC(=O)CCC. The van der Waals surface area contributed by atoms with Gasteiger partial charge in [-0.3, -0.25) is 4.79 Å². The molecule has 13 heteroatoms.